The standard InChI is InChI=1S/C21H26N4O3S/c1-13-6-5-9-17(14(13)2)25-19(27)15-7-3-4-8-16(15)23-21(25)29-12-18(26)24-11-10-22-20(24)28/h3-4,7-8,13-14,17H,5-6,9-12H2,1-2H3,(H,22,28)/t13-,14+,17-/m0/s1. The summed E-state index contributed by atoms with van der Waals surface area (Å²) in [6, 6.07) is 7.06. The Bertz CT molecular complexity index is 1010. The first-order chi connectivity index (χ1) is 14.0. The van der Waals surface area contributed by atoms with Crippen molar-refractivity contribution in [3.05, 3.63) is 34.6 Å². The summed E-state index contributed by atoms with van der Waals surface area (Å²) in [5, 5.41) is 3.81. The van der Waals surface area contributed by atoms with Crippen LogP contribution < -0.4 is 10.9 Å². The molecule has 1 aliphatic heterocycles. The zero-order valence-corrected chi connectivity index (χ0v) is 17.6. The molecule has 8 heteroatoms. The van der Waals surface area contributed by atoms with E-state index < -0.39 is 0 Å². The van der Waals surface area contributed by atoms with Gasteiger partial charge in [0.05, 0.1) is 16.7 Å². The third-order valence-electron chi connectivity index (χ3n) is 6.25. The van der Waals surface area contributed by atoms with Gasteiger partial charge in [-0.3, -0.25) is 19.1 Å². The molecule has 29 heavy (non-hydrogen) atoms. The van der Waals surface area contributed by atoms with Gasteiger partial charge >= 0.3 is 6.03 Å². The number of nitrogens with zero attached hydrogens (tertiary/aromatic N) is 3. The van der Waals surface area contributed by atoms with Crippen LogP contribution in [0.25, 0.3) is 10.9 Å². The summed E-state index contributed by atoms with van der Waals surface area (Å²) in [5.74, 6) is 0.697. The minimum atomic E-state index is -0.353. The third kappa shape index (κ3) is 3.77. The van der Waals surface area contributed by atoms with E-state index in [1.54, 1.807) is 0 Å². The molecule has 0 unspecified atom stereocenters. The topological polar surface area (TPSA) is 84.3 Å². The molecule has 1 aromatic carbocycles. The van der Waals surface area contributed by atoms with Crippen molar-refractivity contribution in [2.45, 2.75) is 44.3 Å². The quantitative estimate of drug-likeness (QED) is 0.614. The van der Waals surface area contributed by atoms with Gasteiger partial charge in [0.25, 0.3) is 5.56 Å². The van der Waals surface area contributed by atoms with Gasteiger partial charge in [-0.05, 0) is 30.4 Å². The number of carbonyl (C=O) groups is 2. The molecule has 2 aliphatic rings. The first-order valence-electron chi connectivity index (χ1n) is 10.2. The van der Waals surface area contributed by atoms with Crippen LogP contribution in [0.5, 0.6) is 0 Å². The molecule has 2 aromatic rings. The van der Waals surface area contributed by atoms with Crippen LogP contribution >= 0.6 is 11.8 Å². The number of nitrogens with one attached hydrogen (secondary N) is 1. The number of benzene rings is 1. The lowest BCUT2D eigenvalue weighted by molar-refractivity contribution is -0.124. The van der Waals surface area contributed by atoms with E-state index in [4.69, 9.17) is 4.98 Å². The van der Waals surface area contributed by atoms with E-state index in [1.807, 2.05) is 28.8 Å². The monoisotopic (exact) mass is 414 g/mol. The Kier molecular flexibility index (Phi) is 5.63. The molecule has 3 atom stereocenters. The molecule has 0 radical (unpaired) electrons. The van der Waals surface area contributed by atoms with E-state index in [0.29, 0.717) is 41.0 Å². The average molecular weight is 415 g/mol. The van der Waals surface area contributed by atoms with E-state index in [1.165, 1.54) is 23.1 Å². The van der Waals surface area contributed by atoms with Gasteiger partial charge in [-0.1, -0.05) is 50.6 Å². The summed E-state index contributed by atoms with van der Waals surface area (Å²) >= 11 is 1.25. The number of thioether (sulfide) groups is 1. The van der Waals surface area contributed by atoms with Gasteiger partial charge in [0.15, 0.2) is 5.16 Å². The Hall–Kier alpha value is -2.35. The van der Waals surface area contributed by atoms with Crippen molar-refractivity contribution in [3.8, 4) is 0 Å². The van der Waals surface area contributed by atoms with E-state index in [-0.39, 0.29) is 29.3 Å². The molecular weight excluding hydrogens is 388 g/mol. The normalized spacial score (nSPS) is 24.7. The number of hydrogen-bond acceptors (Lipinski definition) is 5. The molecular formula is C21H26N4O3S. The number of para-hydroxylation sites is 1. The second-order valence-corrected chi connectivity index (χ2v) is 8.93. The van der Waals surface area contributed by atoms with Gasteiger partial charge in [-0.25, -0.2) is 9.78 Å². The third-order valence-corrected chi connectivity index (χ3v) is 7.19. The highest BCUT2D eigenvalue weighted by Crippen LogP contribution is 2.38. The average Bonchev–Trinajstić information content (AvgIpc) is 3.15. The van der Waals surface area contributed by atoms with Crippen molar-refractivity contribution in [2.75, 3.05) is 18.8 Å². The number of urea groups is 1. The molecule has 154 valence electrons. The van der Waals surface area contributed by atoms with Gasteiger partial charge in [-0.15, -0.1) is 0 Å². The molecule has 1 saturated heterocycles. The largest absolute Gasteiger partial charge is 0.336 e. The molecule has 7 nitrogen and oxygen atoms in total. The summed E-state index contributed by atoms with van der Waals surface area (Å²) < 4.78 is 1.81. The van der Waals surface area contributed by atoms with Gasteiger partial charge in [-0.2, -0.15) is 0 Å². The first-order valence-corrected chi connectivity index (χ1v) is 11.2. The van der Waals surface area contributed by atoms with Crippen molar-refractivity contribution >= 4 is 34.6 Å². The van der Waals surface area contributed by atoms with Crippen molar-refractivity contribution in [1.29, 1.82) is 0 Å². The Morgan fingerprint density at radius 1 is 1.24 bits per heavy atom. The van der Waals surface area contributed by atoms with E-state index in [2.05, 4.69) is 19.2 Å². The van der Waals surface area contributed by atoms with E-state index in [9.17, 15) is 14.4 Å². The summed E-state index contributed by atoms with van der Waals surface area (Å²) in [4.78, 5) is 43.6. The van der Waals surface area contributed by atoms with Crippen LogP contribution in [0, 0.1) is 11.8 Å². The minimum Gasteiger partial charge on any atom is -0.336 e. The number of imide groups is 1. The fraction of sp³-hybridized carbons (Fsp3) is 0.524. The fourth-order valence-electron chi connectivity index (χ4n) is 4.35. The smallest absolute Gasteiger partial charge is 0.324 e. The second kappa shape index (κ2) is 8.18. The number of fused-ring (bicyclic) bond motifs is 1. The second-order valence-electron chi connectivity index (χ2n) is 7.99. The highest BCUT2D eigenvalue weighted by atomic mass is 32.2. The zero-order chi connectivity index (χ0) is 20.5. The Labute approximate surface area is 173 Å². The van der Waals surface area contributed by atoms with Crippen LogP contribution in [-0.2, 0) is 4.79 Å². The molecule has 3 amide bonds. The van der Waals surface area contributed by atoms with E-state index >= 15 is 0 Å². The number of aromatic nitrogens is 2. The molecule has 1 aromatic heterocycles. The maximum Gasteiger partial charge on any atom is 0.324 e. The van der Waals surface area contributed by atoms with Crippen LogP contribution in [0.1, 0.15) is 39.2 Å². The van der Waals surface area contributed by atoms with Gasteiger partial charge in [0.2, 0.25) is 5.91 Å². The zero-order valence-electron chi connectivity index (χ0n) is 16.8. The fourth-order valence-corrected chi connectivity index (χ4v) is 5.28. The molecule has 1 N–H and O–H groups in total. The minimum absolute atomic E-state index is 0.0459. The Balaban J connectivity index is 1.70. The highest BCUT2D eigenvalue weighted by Gasteiger charge is 2.32. The lowest BCUT2D eigenvalue weighted by atomic mass is 9.78. The van der Waals surface area contributed by atoms with Crippen molar-refractivity contribution in [1.82, 2.24) is 19.8 Å². The van der Waals surface area contributed by atoms with Crippen LogP contribution in [0.3, 0.4) is 0 Å². The van der Waals surface area contributed by atoms with Crippen LogP contribution in [-0.4, -0.2) is 45.2 Å². The maximum atomic E-state index is 13.4. The Morgan fingerprint density at radius 2 is 2.03 bits per heavy atom. The summed E-state index contributed by atoms with van der Waals surface area (Å²) in [5.41, 5.74) is 0.592. The lowest BCUT2D eigenvalue weighted by Gasteiger charge is -2.36. The molecule has 1 saturated carbocycles. The summed E-state index contributed by atoms with van der Waals surface area (Å²) in [6.07, 6.45) is 3.17. The highest BCUT2D eigenvalue weighted by molar-refractivity contribution is 7.99. The summed E-state index contributed by atoms with van der Waals surface area (Å²) in [7, 11) is 0. The van der Waals surface area contributed by atoms with Gasteiger partial charge in [0.1, 0.15) is 0 Å². The molecule has 2 heterocycles. The summed E-state index contributed by atoms with van der Waals surface area (Å²) in [6.45, 7) is 5.29. The predicted octanol–water partition coefficient (Wildman–Crippen LogP) is 3.04. The van der Waals surface area contributed by atoms with Gasteiger partial charge in [0, 0.05) is 19.1 Å². The molecule has 1 aliphatic carbocycles. The lowest BCUT2D eigenvalue weighted by Crippen LogP contribution is -2.37. The van der Waals surface area contributed by atoms with Crippen LogP contribution in [0.4, 0.5) is 4.79 Å². The maximum absolute atomic E-state index is 13.4. The van der Waals surface area contributed by atoms with Crippen LogP contribution in [0.2, 0.25) is 0 Å². The molecule has 2 fully saturated rings. The van der Waals surface area contributed by atoms with Crippen molar-refractivity contribution < 1.29 is 9.59 Å². The molecule has 0 spiro atoms. The number of rotatable bonds is 4. The Morgan fingerprint density at radius 3 is 2.79 bits per heavy atom. The SMILES string of the molecule is C[C@@H]1[C@@H](C)CCC[C@@H]1n1c(SCC(=O)N2CCNC2=O)nc2ccccc2c1=O. The number of amides is 3. The van der Waals surface area contributed by atoms with Crippen LogP contribution in [0.15, 0.2) is 34.2 Å². The first kappa shape index (κ1) is 19.9. The predicted molar refractivity (Wildman–Crippen MR) is 113 cm³/mol. The number of carbonyl (C=O) groups excluding carboxylic acids is 2. The molecule has 0 bridgehead atoms. The van der Waals surface area contributed by atoms with Gasteiger partial charge < -0.3 is 5.32 Å². The molecule has 4 rings (SSSR count). The van der Waals surface area contributed by atoms with Crippen molar-refractivity contribution in [2.24, 2.45) is 11.8 Å². The number of hydrogen-bond donors (Lipinski definition) is 1. The van der Waals surface area contributed by atoms with Crippen molar-refractivity contribution in [3.63, 3.8) is 0 Å². The van der Waals surface area contributed by atoms with E-state index in [0.717, 1.165) is 12.8 Å².